The molecule has 3 nitrogen and oxygen atoms in total. The molecule has 1 N–H and O–H groups in total. The lowest BCUT2D eigenvalue weighted by molar-refractivity contribution is 0.282. The molecule has 126 valence electrons. The van der Waals surface area contributed by atoms with Crippen molar-refractivity contribution in [2.45, 2.75) is 20.1 Å². The molecule has 2 aromatic carbocycles. The molecular formula is C17H20BrCl2NO2. The summed E-state index contributed by atoms with van der Waals surface area (Å²) in [6, 6.07) is 11.6. The molecule has 0 saturated heterocycles. The molecule has 0 aliphatic carbocycles. The molecule has 0 heterocycles. The first-order valence-electron chi connectivity index (χ1n) is 7.08. The Bertz CT molecular complexity index is 621. The molecule has 0 saturated carbocycles. The minimum absolute atomic E-state index is 0. The van der Waals surface area contributed by atoms with E-state index >= 15 is 0 Å². The number of nitrogens with one attached hydrogen (secondary N) is 1. The van der Waals surface area contributed by atoms with E-state index < -0.39 is 0 Å². The molecule has 0 spiro atoms. The number of methoxy groups -OCH3 is 1. The van der Waals surface area contributed by atoms with Gasteiger partial charge in [-0.25, -0.2) is 0 Å². The summed E-state index contributed by atoms with van der Waals surface area (Å²) in [5.74, 6) is 1.42. The minimum atomic E-state index is 0. The molecule has 0 amide bonds. The van der Waals surface area contributed by atoms with Crippen molar-refractivity contribution in [1.29, 1.82) is 0 Å². The Kier molecular flexibility index (Phi) is 8.77. The lowest BCUT2D eigenvalue weighted by Crippen LogP contribution is -2.12. The van der Waals surface area contributed by atoms with Crippen LogP contribution in [0.5, 0.6) is 11.5 Å². The van der Waals surface area contributed by atoms with Crippen molar-refractivity contribution in [3.8, 4) is 11.5 Å². The first kappa shape index (κ1) is 20.1. The maximum absolute atomic E-state index is 5.91. The molecule has 23 heavy (non-hydrogen) atoms. The summed E-state index contributed by atoms with van der Waals surface area (Å²) in [6.07, 6.45) is 0. The Balaban J connectivity index is 0.00000264. The molecule has 2 aromatic rings. The highest BCUT2D eigenvalue weighted by Gasteiger charge is 2.12. The summed E-state index contributed by atoms with van der Waals surface area (Å²) in [5, 5.41) is 4.01. The quantitative estimate of drug-likeness (QED) is 0.665. The van der Waals surface area contributed by atoms with Gasteiger partial charge in [0.1, 0.15) is 6.61 Å². The van der Waals surface area contributed by atoms with Gasteiger partial charge in [0.15, 0.2) is 11.5 Å². The van der Waals surface area contributed by atoms with Crippen molar-refractivity contribution in [1.82, 2.24) is 5.32 Å². The van der Waals surface area contributed by atoms with E-state index in [-0.39, 0.29) is 12.4 Å². The summed E-state index contributed by atoms with van der Waals surface area (Å²) >= 11 is 9.45. The van der Waals surface area contributed by atoms with E-state index in [1.54, 1.807) is 7.11 Å². The second kappa shape index (κ2) is 10.0. The second-order valence-electron chi connectivity index (χ2n) is 4.80. The molecular weight excluding hydrogens is 401 g/mol. The van der Waals surface area contributed by atoms with E-state index in [0.717, 1.165) is 39.5 Å². The van der Waals surface area contributed by atoms with Crippen molar-refractivity contribution in [3.63, 3.8) is 0 Å². The zero-order chi connectivity index (χ0) is 15.9. The predicted octanol–water partition coefficient (Wildman–Crippen LogP) is 5.22. The highest BCUT2D eigenvalue weighted by Crippen LogP contribution is 2.37. The van der Waals surface area contributed by atoms with Crippen LogP contribution in [0.1, 0.15) is 18.1 Å². The van der Waals surface area contributed by atoms with Gasteiger partial charge < -0.3 is 14.8 Å². The Morgan fingerprint density at radius 3 is 2.43 bits per heavy atom. The van der Waals surface area contributed by atoms with Gasteiger partial charge in [-0.3, -0.25) is 0 Å². The molecule has 0 atom stereocenters. The van der Waals surface area contributed by atoms with Crippen LogP contribution < -0.4 is 14.8 Å². The summed E-state index contributed by atoms with van der Waals surface area (Å²) in [7, 11) is 1.65. The Morgan fingerprint density at radius 1 is 1.13 bits per heavy atom. The lowest BCUT2D eigenvalue weighted by Gasteiger charge is -2.15. The summed E-state index contributed by atoms with van der Waals surface area (Å²) in [5.41, 5.74) is 2.19. The average Bonchev–Trinajstić information content (AvgIpc) is 2.53. The van der Waals surface area contributed by atoms with Gasteiger partial charge in [-0.2, -0.15) is 0 Å². The van der Waals surface area contributed by atoms with Crippen molar-refractivity contribution >= 4 is 39.9 Å². The number of hydrogen-bond acceptors (Lipinski definition) is 3. The molecule has 0 unspecified atom stereocenters. The Labute approximate surface area is 156 Å². The number of hydrogen-bond donors (Lipinski definition) is 1. The molecule has 0 bridgehead atoms. The van der Waals surface area contributed by atoms with Crippen LogP contribution in [0.15, 0.2) is 40.9 Å². The normalized spacial score (nSPS) is 10.1. The first-order valence-corrected chi connectivity index (χ1v) is 8.25. The monoisotopic (exact) mass is 419 g/mol. The third-order valence-electron chi connectivity index (χ3n) is 3.16. The van der Waals surface area contributed by atoms with Gasteiger partial charge >= 0.3 is 0 Å². The molecule has 0 aliphatic heterocycles. The molecule has 2 rings (SSSR count). The van der Waals surface area contributed by atoms with E-state index in [9.17, 15) is 0 Å². The fourth-order valence-electron chi connectivity index (χ4n) is 2.02. The van der Waals surface area contributed by atoms with Crippen LogP contribution in [-0.4, -0.2) is 13.7 Å². The van der Waals surface area contributed by atoms with Crippen molar-refractivity contribution in [2.75, 3.05) is 13.7 Å². The standard InChI is InChI=1S/C17H19BrClNO2.ClH/c1-3-20-10-13-8-15(18)17(16(9-13)21-2)22-11-12-4-6-14(19)7-5-12;/h4-9,20H,3,10-11H2,1-2H3;1H. The van der Waals surface area contributed by atoms with E-state index in [1.165, 1.54) is 0 Å². The Morgan fingerprint density at radius 2 is 1.83 bits per heavy atom. The van der Waals surface area contributed by atoms with Crippen molar-refractivity contribution in [2.24, 2.45) is 0 Å². The van der Waals surface area contributed by atoms with Gasteiger partial charge in [-0.05, 0) is 57.9 Å². The molecule has 0 aromatic heterocycles. The maximum atomic E-state index is 5.91. The van der Waals surface area contributed by atoms with Gasteiger partial charge in [-0.1, -0.05) is 30.7 Å². The molecule has 0 radical (unpaired) electrons. The van der Waals surface area contributed by atoms with Crippen LogP contribution >= 0.6 is 39.9 Å². The van der Waals surface area contributed by atoms with Crippen molar-refractivity contribution in [3.05, 3.63) is 57.0 Å². The second-order valence-corrected chi connectivity index (χ2v) is 6.10. The highest BCUT2D eigenvalue weighted by atomic mass is 79.9. The van der Waals surface area contributed by atoms with E-state index in [4.69, 9.17) is 21.1 Å². The summed E-state index contributed by atoms with van der Waals surface area (Å²) in [6.45, 7) is 4.26. The maximum Gasteiger partial charge on any atom is 0.175 e. The van der Waals surface area contributed by atoms with Crippen LogP contribution in [-0.2, 0) is 13.2 Å². The third kappa shape index (κ3) is 5.88. The number of rotatable bonds is 7. The largest absolute Gasteiger partial charge is 0.493 e. The van der Waals surface area contributed by atoms with E-state index in [0.29, 0.717) is 12.4 Å². The fraction of sp³-hybridized carbons (Fsp3) is 0.294. The van der Waals surface area contributed by atoms with Gasteiger partial charge in [0.2, 0.25) is 0 Å². The van der Waals surface area contributed by atoms with E-state index in [2.05, 4.69) is 28.2 Å². The predicted molar refractivity (Wildman–Crippen MR) is 101 cm³/mol. The summed E-state index contributed by atoms with van der Waals surface area (Å²) < 4.78 is 12.2. The molecule has 0 aliphatic rings. The number of benzene rings is 2. The topological polar surface area (TPSA) is 30.5 Å². The zero-order valence-corrected chi connectivity index (χ0v) is 16.2. The van der Waals surface area contributed by atoms with Gasteiger partial charge in [0, 0.05) is 11.6 Å². The zero-order valence-electron chi connectivity index (χ0n) is 13.1. The van der Waals surface area contributed by atoms with Crippen molar-refractivity contribution < 1.29 is 9.47 Å². The van der Waals surface area contributed by atoms with Crippen LogP contribution in [0.25, 0.3) is 0 Å². The SMILES string of the molecule is CCNCc1cc(Br)c(OCc2ccc(Cl)cc2)c(OC)c1.Cl. The van der Waals surface area contributed by atoms with Gasteiger partial charge in [0.25, 0.3) is 0 Å². The van der Waals surface area contributed by atoms with Crippen LogP contribution in [0.2, 0.25) is 5.02 Å². The minimum Gasteiger partial charge on any atom is -0.493 e. The first-order chi connectivity index (χ1) is 10.6. The number of halogens is 3. The molecule has 6 heteroatoms. The highest BCUT2D eigenvalue weighted by molar-refractivity contribution is 9.10. The third-order valence-corrected chi connectivity index (χ3v) is 4.01. The number of ether oxygens (including phenoxy) is 2. The lowest BCUT2D eigenvalue weighted by atomic mass is 10.2. The van der Waals surface area contributed by atoms with Crippen LogP contribution in [0.3, 0.4) is 0 Å². The van der Waals surface area contributed by atoms with E-state index in [1.807, 2.05) is 36.4 Å². The smallest absolute Gasteiger partial charge is 0.175 e. The van der Waals surface area contributed by atoms with Crippen LogP contribution in [0.4, 0.5) is 0 Å². The fourth-order valence-corrected chi connectivity index (χ4v) is 2.75. The Hall–Kier alpha value is -0.940. The molecule has 0 fully saturated rings. The summed E-state index contributed by atoms with van der Waals surface area (Å²) in [4.78, 5) is 0. The van der Waals surface area contributed by atoms with Gasteiger partial charge in [-0.15, -0.1) is 12.4 Å². The van der Waals surface area contributed by atoms with Gasteiger partial charge in [0.05, 0.1) is 11.6 Å². The average molecular weight is 421 g/mol. The van der Waals surface area contributed by atoms with Crippen LogP contribution in [0, 0.1) is 0 Å².